The zero-order valence-corrected chi connectivity index (χ0v) is 18.8. The van der Waals surface area contributed by atoms with Gasteiger partial charge in [0.2, 0.25) is 12.0 Å². The van der Waals surface area contributed by atoms with Crippen molar-refractivity contribution in [1.82, 2.24) is 19.6 Å². The maximum Gasteiger partial charge on any atom is 0.267 e. The highest BCUT2D eigenvalue weighted by Crippen LogP contribution is 2.32. The highest BCUT2D eigenvalue weighted by atomic mass is 16.6. The number of anilines is 1. The molecule has 1 aromatic carbocycles. The van der Waals surface area contributed by atoms with Gasteiger partial charge < -0.3 is 19.7 Å². The van der Waals surface area contributed by atoms with E-state index in [9.17, 15) is 9.59 Å². The molecule has 33 heavy (non-hydrogen) atoms. The van der Waals surface area contributed by atoms with Gasteiger partial charge in [0.1, 0.15) is 12.4 Å². The number of ether oxygens (including phenoxy) is 2. The molecular weight excluding hydrogens is 422 g/mol. The van der Waals surface area contributed by atoms with Crippen LogP contribution in [0.1, 0.15) is 38.1 Å². The molecule has 1 unspecified atom stereocenters. The fourth-order valence-electron chi connectivity index (χ4n) is 4.85. The van der Waals surface area contributed by atoms with E-state index >= 15 is 0 Å². The summed E-state index contributed by atoms with van der Waals surface area (Å²) in [6.45, 7) is 3.62. The number of nitrogens with one attached hydrogen (secondary N) is 1. The summed E-state index contributed by atoms with van der Waals surface area (Å²) in [6, 6.07) is 9.68. The number of nitrogens with zero attached hydrogens (tertiary/aromatic N) is 4. The van der Waals surface area contributed by atoms with Crippen molar-refractivity contribution in [3.05, 3.63) is 36.5 Å². The molecule has 3 aliphatic rings. The number of fused-ring (bicyclic) bond motifs is 1. The highest BCUT2D eigenvalue weighted by Gasteiger charge is 2.32. The minimum Gasteiger partial charge on any atom is -0.485 e. The van der Waals surface area contributed by atoms with Crippen molar-refractivity contribution in [2.24, 2.45) is 0 Å². The Kier molecular flexibility index (Phi) is 6.48. The van der Waals surface area contributed by atoms with Crippen LogP contribution in [0.2, 0.25) is 0 Å². The third-order valence-electron chi connectivity index (χ3n) is 6.73. The third kappa shape index (κ3) is 4.98. The number of piperazine rings is 1. The molecule has 2 amide bonds. The van der Waals surface area contributed by atoms with Gasteiger partial charge in [-0.05, 0) is 25.0 Å². The van der Waals surface area contributed by atoms with Crippen molar-refractivity contribution >= 4 is 17.6 Å². The van der Waals surface area contributed by atoms with Gasteiger partial charge in [-0.1, -0.05) is 25.0 Å². The van der Waals surface area contributed by atoms with Gasteiger partial charge in [0.05, 0.1) is 12.2 Å². The molecule has 1 aliphatic carbocycles. The van der Waals surface area contributed by atoms with Gasteiger partial charge in [0, 0.05) is 45.2 Å². The Morgan fingerprint density at radius 3 is 2.58 bits per heavy atom. The van der Waals surface area contributed by atoms with Gasteiger partial charge in [-0.2, -0.15) is 5.10 Å². The maximum absolute atomic E-state index is 12.9. The largest absolute Gasteiger partial charge is 0.485 e. The van der Waals surface area contributed by atoms with E-state index in [1.807, 2.05) is 39.9 Å². The quantitative estimate of drug-likeness (QED) is 0.722. The molecule has 1 saturated carbocycles. The molecule has 1 atom stereocenters. The number of carbonyl (C=O) groups excluding carboxylic acids is 2. The molecule has 1 saturated heterocycles. The minimum atomic E-state index is -0.609. The van der Waals surface area contributed by atoms with Crippen LogP contribution < -0.4 is 14.8 Å². The normalized spacial score (nSPS) is 21.2. The molecule has 2 fully saturated rings. The standard InChI is InChI=1S/C24H31N5O4/c30-23(26-22-9-11-25-29(22)18-5-1-2-6-18)10-12-27-13-15-28(16-14-27)24(31)21-17-32-19-7-3-4-8-20(19)33-21/h3-4,7-9,11,18,21H,1-2,5-6,10,12-17H2,(H,26,30). The number of benzene rings is 1. The Hall–Kier alpha value is -3.07. The first-order valence-corrected chi connectivity index (χ1v) is 11.9. The van der Waals surface area contributed by atoms with Gasteiger partial charge >= 0.3 is 0 Å². The Balaban J connectivity index is 1.05. The zero-order valence-electron chi connectivity index (χ0n) is 18.8. The third-order valence-corrected chi connectivity index (χ3v) is 6.73. The molecule has 5 rings (SSSR count). The van der Waals surface area contributed by atoms with Crippen LogP contribution in [-0.2, 0) is 9.59 Å². The fraction of sp³-hybridized carbons (Fsp3) is 0.542. The molecule has 9 heteroatoms. The number of hydrogen-bond acceptors (Lipinski definition) is 6. The van der Waals surface area contributed by atoms with E-state index in [-0.39, 0.29) is 18.4 Å². The van der Waals surface area contributed by atoms with E-state index in [0.29, 0.717) is 43.6 Å². The van der Waals surface area contributed by atoms with Crippen molar-refractivity contribution in [2.75, 3.05) is 44.6 Å². The first-order valence-electron chi connectivity index (χ1n) is 11.9. The molecular formula is C24H31N5O4. The molecule has 176 valence electrons. The molecule has 1 aromatic heterocycles. The summed E-state index contributed by atoms with van der Waals surface area (Å²) in [7, 11) is 0. The van der Waals surface area contributed by atoms with Crippen molar-refractivity contribution in [3.63, 3.8) is 0 Å². The summed E-state index contributed by atoms with van der Waals surface area (Å²) < 4.78 is 13.5. The van der Waals surface area contributed by atoms with E-state index in [1.165, 1.54) is 12.8 Å². The fourth-order valence-corrected chi connectivity index (χ4v) is 4.85. The van der Waals surface area contributed by atoms with E-state index < -0.39 is 6.10 Å². The molecule has 0 bridgehead atoms. The van der Waals surface area contributed by atoms with Crippen molar-refractivity contribution in [2.45, 2.75) is 44.2 Å². The number of amides is 2. The van der Waals surface area contributed by atoms with Crippen LogP contribution in [0.25, 0.3) is 0 Å². The SMILES string of the molecule is O=C(CCN1CCN(C(=O)C2COc3ccccc3O2)CC1)Nc1ccnn1C1CCCC1. The average Bonchev–Trinajstić information content (AvgIpc) is 3.54. The smallest absolute Gasteiger partial charge is 0.267 e. The minimum absolute atomic E-state index is 0.000303. The van der Waals surface area contributed by atoms with Crippen LogP contribution in [0.4, 0.5) is 5.82 Å². The zero-order chi connectivity index (χ0) is 22.6. The first-order chi connectivity index (χ1) is 16.2. The van der Waals surface area contributed by atoms with E-state index in [0.717, 1.165) is 31.7 Å². The molecule has 3 heterocycles. The summed E-state index contributed by atoms with van der Waals surface area (Å²) in [5.74, 6) is 2.04. The predicted octanol–water partition coefficient (Wildman–Crippen LogP) is 2.31. The molecule has 9 nitrogen and oxygen atoms in total. The van der Waals surface area contributed by atoms with Crippen LogP contribution in [0.5, 0.6) is 11.5 Å². The highest BCUT2D eigenvalue weighted by molar-refractivity contribution is 5.90. The molecule has 0 spiro atoms. The Morgan fingerprint density at radius 2 is 1.79 bits per heavy atom. The van der Waals surface area contributed by atoms with Crippen molar-refractivity contribution in [1.29, 1.82) is 0 Å². The number of rotatable bonds is 6. The number of aromatic nitrogens is 2. The van der Waals surface area contributed by atoms with E-state index in [4.69, 9.17) is 9.47 Å². The lowest BCUT2D eigenvalue weighted by atomic mass is 10.2. The molecule has 0 radical (unpaired) electrons. The van der Waals surface area contributed by atoms with Gasteiger partial charge in [-0.25, -0.2) is 4.68 Å². The number of hydrogen-bond donors (Lipinski definition) is 1. The second-order valence-corrected chi connectivity index (χ2v) is 8.93. The van der Waals surface area contributed by atoms with Crippen molar-refractivity contribution in [3.8, 4) is 11.5 Å². The van der Waals surface area contributed by atoms with Crippen LogP contribution in [-0.4, -0.2) is 76.8 Å². The van der Waals surface area contributed by atoms with E-state index in [2.05, 4.69) is 15.3 Å². The molecule has 2 aliphatic heterocycles. The van der Waals surface area contributed by atoms with Crippen LogP contribution in [0.15, 0.2) is 36.5 Å². The summed E-state index contributed by atoms with van der Waals surface area (Å²) in [5.41, 5.74) is 0. The second kappa shape index (κ2) is 9.82. The van der Waals surface area contributed by atoms with Crippen LogP contribution >= 0.6 is 0 Å². The second-order valence-electron chi connectivity index (χ2n) is 8.93. The van der Waals surface area contributed by atoms with Gasteiger partial charge in [0.15, 0.2) is 11.5 Å². The van der Waals surface area contributed by atoms with Gasteiger partial charge in [-0.15, -0.1) is 0 Å². The maximum atomic E-state index is 12.9. The van der Waals surface area contributed by atoms with E-state index in [1.54, 1.807) is 6.20 Å². The summed E-state index contributed by atoms with van der Waals surface area (Å²) in [4.78, 5) is 29.5. The predicted molar refractivity (Wildman–Crippen MR) is 122 cm³/mol. The average molecular weight is 454 g/mol. The lowest BCUT2D eigenvalue weighted by molar-refractivity contribution is -0.143. The number of para-hydroxylation sites is 2. The number of carbonyl (C=O) groups is 2. The lowest BCUT2D eigenvalue weighted by Gasteiger charge is -2.37. The Morgan fingerprint density at radius 1 is 1.03 bits per heavy atom. The van der Waals surface area contributed by atoms with Gasteiger partial charge in [-0.3, -0.25) is 14.5 Å². The Bertz CT molecular complexity index is 979. The topological polar surface area (TPSA) is 88.9 Å². The molecule has 1 N–H and O–H groups in total. The lowest BCUT2D eigenvalue weighted by Crippen LogP contribution is -2.54. The van der Waals surface area contributed by atoms with Crippen LogP contribution in [0, 0.1) is 0 Å². The summed E-state index contributed by atoms with van der Waals surface area (Å²) in [6.07, 6.45) is 6.25. The summed E-state index contributed by atoms with van der Waals surface area (Å²) >= 11 is 0. The Labute approximate surface area is 193 Å². The van der Waals surface area contributed by atoms with Crippen LogP contribution in [0.3, 0.4) is 0 Å². The van der Waals surface area contributed by atoms with Crippen molar-refractivity contribution < 1.29 is 19.1 Å². The molecule has 2 aromatic rings. The van der Waals surface area contributed by atoms with Gasteiger partial charge in [0.25, 0.3) is 5.91 Å². The summed E-state index contributed by atoms with van der Waals surface area (Å²) in [5, 5.41) is 7.44. The first kappa shape index (κ1) is 21.8. The monoisotopic (exact) mass is 453 g/mol.